The van der Waals surface area contributed by atoms with Gasteiger partial charge >= 0.3 is 5.97 Å². The van der Waals surface area contributed by atoms with Gasteiger partial charge in [0.15, 0.2) is 5.82 Å². The zero-order chi connectivity index (χ0) is 16.4. The van der Waals surface area contributed by atoms with Crippen molar-refractivity contribution in [3.05, 3.63) is 53.8 Å². The maximum Gasteiger partial charge on any atom is 0.335 e. The molecule has 0 saturated heterocycles. The molecule has 0 saturated carbocycles. The van der Waals surface area contributed by atoms with Crippen molar-refractivity contribution in [2.75, 3.05) is 11.9 Å². The highest BCUT2D eigenvalue weighted by Gasteiger charge is 2.12. The van der Waals surface area contributed by atoms with E-state index < -0.39 is 5.97 Å². The van der Waals surface area contributed by atoms with Gasteiger partial charge in [0, 0.05) is 17.5 Å². The Kier molecular flexibility index (Phi) is 3.89. The number of hydrogen-bond acceptors (Lipinski definition) is 4. The summed E-state index contributed by atoms with van der Waals surface area (Å²) in [6.45, 7) is 2.60. The highest BCUT2D eigenvalue weighted by molar-refractivity contribution is 5.97. The molecule has 0 fully saturated rings. The van der Waals surface area contributed by atoms with Crippen LogP contribution in [0.1, 0.15) is 17.3 Å². The van der Waals surface area contributed by atoms with Crippen molar-refractivity contribution in [2.24, 2.45) is 0 Å². The molecule has 3 rings (SSSR count). The molecule has 0 spiro atoms. The number of aromatic nitrogens is 2. The van der Waals surface area contributed by atoms with Gasteiger partial charge in [-0.25, -0.2) is 19.2 Å². The number of nitrogens with zero attached hydrogens (tertiary/aromatic N) is 2. The molecule has 0 atom stereocenters. The van der Waals surface area contributed by atoms with Crippen molar-refractivity contribution >= 4 is 22.7 Å². The monoisotopic (exact) mass is 311 g/mol. The smallest absolute Gasteiger partial charge is 0.335 e. The molecule has 23 heavy (non-hydrogen) atoms. The van der Waals surface area contributed by atoms with Gasteiger partial charge in [0.05, 0.1) is 11.1 Å². The summed E-state index contributed by atoms with van der Waals surface area (Å²) in [5.41, 5.74) is 1.34. The van der Waals surface area contributed by atoms with Crippen LogP contribution in [0, 0.1) is 5.82 Å². The molecule has 0 aliphatic carbocycles. The van der Waals surface area contributed by atoms with Gasteiger partial charge in [-0.3, -0.25) is 0 Å². The van der Waals surface area contributed by atoms with Crippen LogP contribution in [0.3, 0.4) is 0 Å². The Morgan fingerprint density at radius 2 is 1.91 bits per heavy atom. The van der Waals surface area contributed by atoms with Gasteiger partial charge in [0.1, 0.15) is 11.6 Å². The number of nitrogens with one attached hydrogen (secondary N) is 1. The highest BCUT2D eigenvalue weighted by atomic mass is 19.1. The maximum absolute atomic E-state index is 13.1. The van der Waals surface area contributed by atoms with Crippen LogP contribution < -0.4 is 5.32 Å². The number of hydrogen-bond donors (Lipinski definition) is 2. The summed E-state index contributed by atoms with van der Waals surface area (Å²) in [6.07, 6.45) is 0. The second-order valence-corrected chi connectivity index (χ2v) is 4.97. The largest absolute Gasteiger partial charge is 0.478 e. The van der Waals surface area contributed by atoms with Crippen molar-refractivity contribution in [3.8, 4) is 11.4 Å². The first kappa shape index (κ1) is 14.9. The van der Waals surface area contributed by atoms with Crippen molar-refractivity contribution in [3.63, 3.8) is 0 Å². The van der Waals surface area contributed by atoms with Gasteiger partial charge in [0.2, 0.25) is 0 Å². The summed E-state index contributed by atoms with van der Waals surface area (Å²) in [5, 5.41) is 13.0. The maximum atomic E-state index is 13.1. The SMILES string of the molecule is CCNc1nc(-c2ccc(F)cc2)nc2cc(C(=O)O)ccc12. The standard InChI is InChI=1S/C17H14FN3O2/c1-2-19-16-13-8-5-11(17(22)23)9-14(13)20-15(21-16)10-3-6-12(18)7-4-10/h3-9H,2H2,1H3,(H,22,23)(H,19,20,21). The minimum absolute atomic E-state index is 0.156. The van der Waals surface area contributed by atoms with E-state index in [1.807, 2.05) is 6.92 Å². The number of rotatable bonds is 4. The summed E-state index contributed by atoms with van der Waals surface area (Å²) in [7, 11) is 0. The molecule has 2 N–H and O–H groups in total. The second-order valence-electron chi connectivity index (χ2n) is 4.97. The summed E-state index contributed by atoms with van der Waals surface area (Å²) in [4.78, 5) is 20.0. The molecule has 0 radical (unpaired) electrons. The summed E-state index contributed by atoms with van der Waals surface area (Å²) in [5.74, 6) is -0.321. The zero-order valence-corrected chi connectivity index (χ0v) is 12.4. The van der Waals surface area contributed by atoms with Crippen molar-refractivity contribution in [2.45, 2.75) is 6.92 Å². The molecular formula is C17H14FN3O2. The average Bonchev–Trinajstić information content (AvgIpc) is 2.55. The zero-order valence-electron chi connectivity index (χ0n) is 12.4. The fourth-order valence-corrected chi connectivity index (χ4v) is 2.29. The normalized spacial score (nSPS) is 10.7. The molecule has 0 unspecified atom stereocenters. The van der Waals surface area contributed by atoms with Gasteiger partial charge in [0.25, 0.3) is 0 Å². The van der Waals surface area contributed by atoms with E-state index in [-0.39, 0.29) is 11.4 Å². The van der Waals surface area contributed by atoms with Crippen LogP contribution in [0.5, 0.6) is 0 Å². The Bertz CT molecular complexity index is 879. The highest BCUT2D eigenvalue weighted by Crippen LogP contribution is 2.26. The van der Waals surface area contributed by atoms with E-state index in [4.69, 9.17) is 5.11 Å². The van der Waals surface area contributed by atoms with Gasteiger partial charge in [-0.1, -0.05) is 0 Å². The van der Waals surface area contributed by atoms with Crippen LogP contribution in [0.25, 0.3) is 22.3 Å². The van der Waals surface area contributed by atoms with Gasteiger partial charge in [-0.2, -0.15) is 0 Å². The second kappa shape index (κ2) is 6.00. The molecule has 0 aliphatic rings. The molecule has 2 aromatic carbocycles. The molecule has 0 aliphatic heterocycles. The molecular weight excluding hydrogens is 297 g/mol. The van der Waals surface area contributed by atoms with E-state index >= 15 is 0 Å². The predicted molar refractivity (Wildman–Crippen MR) is 86.1 cm³/mol. The van der Waals surface area contributed by atoms with Crippen molar-refractivity contribution in [1.82, 2.24) is 9.97 Å². The molecule has 6 heteroatoms. The van der Waals surface area contributed by atoms with Crippen LogP contribution in [0.2, 0.25) is 0 Å². The van der Waals surface area contributed by atoms with Crippen LogP contribution in [-0.2, 0) is 0 Å². The minimum atomic E-state index is -1.01. The Balaban J connectivity index is 2.21. The van der Waals surface area contributed by atoms with E-state index in [9.17, 15) is 9.18 Å². The van der Waals surface area contributed by atoms with Gasteiger partial charge < -0.3 is 10.4 Å². The lowest BCUT2D eigenvalue weighted by molar-refractivity contribution is 0.0697. The average molecular weight is 311 g/mol. The Morgan fingerprint density at radius 1 is 1.17 bits per heavy atom. The molecule has 0 bridgehead atoms. The molecule has 0 amide bonds. The number of carboxylic acid groups (broad SMARTS) is 1. The molecule has 3 aromatic rings. The van der Waals surface area contributed by atoms with E-state index in [0.29, 0.717) is 29.3 Å². The van der Waals surface area contributed by atoms with Crippen LogP contribution in [0.4, 0.5) is 10.2 Å². The third kappa shape index (κ3) is 2.96. The fraction of sp³-hybridized carbons (Fsp3) is 0.118. The Morgan fingerprint density at radius 3 is 2.57 bits per heavy atom. The number of carboxylic acids is 1. The molecule has 1 aromatic heterocycles. The first-order chi connectivity index (χ1) is 11.1. The number of halogens is 1. The molecule has 1 heterocycles. The van der Waals surface area contributed by atoms with E-state index in [2.05, 4.69) is 15.3 Å². The Labute approximate surface area is 131 Å². The first-order valence-electron chi connectivity index (χ1n) is 7.13. The molecule has 5 nitrogen and oxygen atoms in total. The number of carbonyl (C=O) groups is 1. The van der Waals surface area contributed by atoms with Crippen LogP contribution in [-0.4, -0.2) is 27.6 Å². The molecule has 116 valence electrons. The number of anilines is 1. The summed E-state index contributed by atoms with van der Waals surface area (Å²) >= 11 is 0. The van der Waals surface area contributed by atoms with E-state index in [1.54, 1.807) is 18.2 Å². The fourth-order valence-electron chi connectivity index (χ4n) is 2.29. The van der Waals surface area contributed by atoms with Crippen molar-refractivity contribution < 1.29 is 14.3 Å². The predicted octanol–water partition coefficient (Wildman–Crippen LogP) is 3.57. The summed E-state index contributed by atoms with van der Waals surface area (Å²) < 4.78 is 13.1. The third-order valence-corrected chi connectivity index (χ3v) is 3.39. The van der Waals surface area contributed by atoms with Gasteiger partial charge in [-0.15, -0.1) is 0 Å². The number of benzene rings is 2. The lowest BCUT2D eigenvalue weighted by Crippen LogP contribution is -2.04. The third-order valence-electron chi connectivity index (χ3n) is 3.39. The summed E-state index contributed by atoms with van der Waals surface area (Å²) in [6, 6.07) is 10.6. The Hall–Kier alpha value is -3.02. The van der Waals surface area contributed by atoms with Crippen molar-refractivity contribution in [1.29, 1.82) is 0 Å². The first-order valence-corrected chi connectivity index (χ1v) is 7.13. The van der Waals surface area contributed by atoms with Crippen LogP contribution >= 0.6 is 0 Å². The van der Waals surface area contributed by atoms with Crippen LogP contribution in [0.15, 0.2) is 42.5 Å². The van der Waals surface area contributed by atoms with E-state index in [0.717, 1.165) is 5.39 Å². The minimum Gasteiger partial charge on any atom is -0.478 e. The topological polar surface area (TPSA) is 75.1 Å². The number of aromatic carboxylic acids is 1. The lowest BCUT2D eigenvalue weighted by Gasteiger charge is -2.10. The van der Waals surface area contributed by atoms with Gasteiger partial charge in [-0.05, 0) is 49.4 Å². The quantitative estimate of drug-likeness (QED) is 0.770. The lowest BCUT2D eigenvalue weighted by atomic mass is 10.1. The number of fused-ring (bicyclic) bond motifs is 1. The van der Waals surface area contributed by atoms with E-state index in [1.165, 1.54) is 24.3 Å².